The molecule has 2 N–H and O–H groups in total. The Morgan fingerprint density at radius 1 is 1.16 bits per heavy atom. The summed E-state index contributed by atoms with van der Waals surface area (Å²) in [5.74, 6) is -1.38. The molecule has 1 saturated heterocycles. The molecule has 3 heterocycles. The average Bonchev–Trinajstić information content (AvgIpc) is 3.22. The minimum atomic E-state index is -4.62. The molecule has 0 radical (unpaired) electrons. The highest BCUT2D eigenvalue weighted by molar-refractivity contribution is 5.93. The number of carbonyl (C=O) groups is 2. The summed E-state index contributed by atoms with van der Waals surface area (Å²) in [7, 11) is 0. The van der Waals surface area contributed by atoms with Crippen molar-refractivity contribution in [3.05, 3.63) is 71.8 Å². The van der Waals surface area contributed by atoms with Gasteiger partial charge in [0.1, 0.15) is 5.69 Å². The molecule has 0 spiro atoms. The fraction of sp³-hybridized carbons (Fsp3) is 0.273. The van der Waals surface area contributed by atoms with Gasteiger partial charge in [0.15, 0.2) is 5.69 Å². The van der Waals surface area contributed by atoms with Crippen LogP contribution in [-0.4, -0.2) is 51.5 Å². The minimum Gasteiger partial charge on any atom is -0.354 e. The Morgan fingerprint density at radius 3 is 2.59 bits per heavy atom. The zero-order chi connectivity index (χ0) is 22.7. The van der Waals surface area contributed by atoms with E-state index in [4.69, 9.17) is 0 Å². The molecule has 1 fully saturated rings. The van der Waals surface area contributed by atoms with E-state index in [1.54, 1.807) is 12.4 Å². The van der Waals surface area contributed by atoms with Crippen molar-refractivity contribution in [1.82, 2.24) is 25.4 Å². The van der Waals surface area contributed by atoms with Crippen molar-refractivity contribution in [3.8, 4) is 11.1 Å². The van der Waals surface area contributed by atoms with E-state index in [-0.39, 0.29) is 31.2 Å². The number of carbonyl (C=O) groups excluding carboxylic acids is 2. The molecule has 1 aliphatic rings. The molecule has 32 heavy (non-hydrogen) atoms. The van der Waals surface area contributed by atoms with Gasteiger partial charge >= 0.3 is 6.18 Å². The fourth-order valence-electron chi connectivity index (χ4n) is 3.63. The number of aromatic nitrogens is 3. The first-order chi connectivity index (χ1) is 15.3. The van der Waals surface area contributed by atoms with Crippen LogP contribution in [0.2, 0.25) is 0 Å². The van der Waals surface area contributed by atoms with Crippen molar-refractivity contribution in [1.29, 1.82) is 0 Å². The molecule has 1 aromatic carbocycles. The van der Waals surface area contributed by atoms with Gasteiger partial charge < -0.3 is 10.2 Å². The first-order valence-corrected chi connectivity index (χ1v) is 10.00. The van der Waals surface area contributed by atoms with Crippen LogP contribution in [0.3, 0.4) is 0 Å². The third-order valence-corrected chi connectivity index (χ3v) is 5.31. The summed E-state index contributed by atoms with van der Waals surface area (Å²) < 4.78 is 38.4. The van der Waals surface area contributed by atoms with Crippen molar-refractivity contribution in [2.75, 3.05) is 19.6 Å². The van der Waals surface area contributed by atoms with Gasteiger partial charge in [-0.05, 0) is 29.2 Å². The zero-order valence-corrected chi connectivity index (χ0v) is 16.9. The van der Waals surface area contributed by atoms with Gasteiger partial charge in [-0.3, -0.25) is 19.7 Å². The predicted molar refractivity (Wildman–Crippen MR) is 109 cm³/mol. The highest BCUT2D eigenvalue weighted by atomic mass is 19.4. The van der Waals surface area contributed by atoms with Crippen LogP contribution in [0.4, 0.5) is 13.2 Å². The number of pyridine rings is 1. The van der Waals surface area contributed by atoms with Crippen LogP contribution in [0.1, 0.15) is 21.7 Å². The monoisotopic (exact) mass is 443 g/mol. The van der Waals surface area contributed by atoms with E-state index >= 15 is 0 Å². The van der Waals surface area contributed by atoms with E-state index in [1.165, 1.54) is 4.90 Å². The first kappa shape index (κ1) is 21.5. The standard InChI is InChI=1S/C22H20F3N5O2/c23-22(24,25)19-11-18(28-29-19)21(32)30-9-8-27-20(31)17(13-30)10-14-3-5-15(6-4-14)16-2-1-7-26-12-16/h1-7,11-12,17H,8-10,13H2,(H,27,31)(H,28,29)/t17-/m1/s1. The number of benzene rings is 1. The van der Waals surface area contributed by atoms with E-state index in [1.807, 2.05) is 41.5 Å². The summed E-state index contributed by atoms with van der Waals surface area (Å²) in [6.07, 6.45) is -0.775. The van der Waals surface area contributed by atoms with Gasteiger partial charge in [-0.15, -0.1) is 0 Å². The summed E-state index contributed by atoms with van der Waals surface area (Å²) >= 11 is 0. The second-order valence-electron chi connectivity index (χ2n) is 7.55. The minimum absolute atomic E-state index is 0.0865. The summed E-state index contributed by atoms with van der Waals surface area (Å²) in [4.78, 5) is 30.7. The van der Waals surface area contributed by atoms with Crippen LogP contribution in [0.25, 0.3) is 11.1 Å². The lowest BCUT2D eigenvalue weighted by Crippen LogP contribution is -2.37. The van der Waals surface area contributed by atoms with Crippen LogP contribution in [0.5, 0.6) is 0 Å². The molecule has 166 valence electrons. The normalized spacial score (nSPS) is 17.0. The second-order valence-corrected chi connectivity index (χ2v) is 7.55. The molecule has 2 amide bonds. The molecule has 3 aromatic rings. The van der Waals surface area contributed by atoms with Gasteiger partial charge in [-0.1, -0.05) is 30.3 Å². The maximum absolute atomic E-state index is 12.8. The average molecular weight is 443 g/mol. The van der Waals surface area contributed by atoms with E-state index in [9.17, 15) is 22.8 Å². The highest BCUT2D eigenvalue weighted by Gasteiger charge is 2.35. The van der Waals surface area contributed by atoms with Crippen molar-refractivity contribution in [3.63, 3.8) is 0 Å². The number of alkyl halides is 3. The summed E-state index contributed by atoms with van der Waals surface area (Å²) in [6, 6.07) is 12.2. The molecular formula is C22H20F3N5O2. The smallest absolute Gasteiger partial charge is 0.354 e. The number of nitrogens with zero attached hydrogens (tertiary/aromatic N) is 3. The largest absolute Gasteiger partial charge is 0.432 e. The maximum atomic E-state index is 12.8. The Bertz CT molecular complexity index is 1100. The number of hydrogen-bond acceptors (Lipinski definition) is 4. The van der Waals surface area contributed by atoms with E-state index in [0.717, 1.165) is 16.7 Å². The third-order valence-electron chi connectivity index (χ3n) is 5.31. The fourth-order valence-corrected chi connectivity index (χ4v) is 3.63. The zero-order valence-electron chi connectivity index (χ0n) is 16.9. The summed E-state index contributed by atoms with van der Waals surface area (Å²) in [6.45, 7) is 0.496. The second kappa shape index (κ2) is 8.81. The van der Waals surface area contributed by atoms with Crippen molar-refractivity contribution in [2.24, 2.45) is 5.92 Å². The summed E-state index contributed by atoms with van der Waals surface area (Å²) in [5.41, 5.74) is 1.45. The molecule has 0 aliphatic carbocycles. The molecular weight excluding hydrogens is 423 g/mol. The van der Waals surface area contributed by atoms with Gasteiger partial charge in [0.25, 0.3) is 5.91 Å². The van der Waals surface area contributed by atoms with Crippen LogP contribution in [-0.2, 0) is 17.4 Å². The van der Waals surface area contributed by atoms with Gasteiger partial charge in [-0.25, -0.2) is 0 Å². The number of H-pyrrole nitrogens is 1. The van der Waals surface area contributed by atoms with Crippen LogP contribution < -0.4 is 5.32 Å². The molecule has 1 aliphatic heterocycles. The number of hydrogen-bond donors (Lipinski definition) is 2. The van der Waals surface area contributed by atoms with Gasteiger partial charge in [0.2, 0.25) is 5.91 Å². The highest BCUT2D eigenvalue weighted by Crippen LogP contribution is 2.28. The molecule has 4 rings (SSSR count). The Morgan fingerprint density at radius 2 is 1.94 bits per heavy atom. The number of halogens is 3. The Hall–Kier alpha value is -3.69. The van der Waals surface area contributed by atoms with Crippen molar-refractivity contribution in [2.45, 2.75) is 12.6 Å². The van der Waals surface area contributed by atoms with Crippen molar-refractivity contribution < 1.29 is 22.8 Å². The molecule has 0 unspecified atom stereocenters. The quantitative estimate of drug-likeness (QED) is 0.649. The molecule has 7 nitrogen and oxygen atoms in total. The molecule has 1 atom stereocenters. The van der Waals surface area contributed by atoms with E-state index in [2.05, 4.69) is 15.4 Å². The molecule has 0 saturated carbocycles. The van der Waals surface area contributed by atoms with Crippen LogP contribution >= 0.6 is 0 Å². The van der Waals surface area contributed by atoms with Gasteiger partial charge in [0.05, 0.1) is 5.92 Å². The molecule has 0 bridgehead atoms. The van der Waals surface area contributed by atoms with Gasteiger partial charge in [0, 0.05) is 38.1 Å². The van der Waals surface area contributed by atoms with E-state index in [0.29, 0.717) is 12.5 Å². The lowest BCUT2D eigenvalue weighted by atomic mass is 9.96. The first-order valence-electron chi connectivity index (χ1n) is 10.00. The lowest BCUT2D eigenvalue weighted by molar-refractivity contribution is -0.141. The number of nitrogens with one attached hydrogen (secondary N) is 2. The third kappa shape index (κ3) is 4.79. The molecule has 2 aromatic heterocycles. The predicted octanol–water partition coefficient (Wildman–Crippen LogP) is 2.92. The Balaban J connectivity index is 1.47. The van der Waals surface area contributed by atoms with Gasteiger partial charge in [-0.2, -0.15) is 18.3 Å². The lowest BCUT2D eigenvalue weighted by Gasteiger charge is -2.22. The number of amides is 2. The van der Waals surface area contributed by atoms with Crippen molar-refractivity contribution >= 4 is 11.8 Å². The SMILES string of the molecule is O=C1NCCN(C(=O)c2cc(C(F)(F)F)[nH]n2)C[C@H]1Cc1ccc(-c2cccnc2)cc1. The molecule has 10 heteroatoms. The number of aromatic amines is 1. The maximum Gasteiger partial charge on any atom is 0.432 e. The topological polar surface area (TPSA) is 91.0 Å². The number of rotatable bonds is 4. The van der Waals surface area contributed by atoms with Crippen LogP contribution in [0, 0.1) is 5.92 Å². The Kier molecular flexibility index (Phi) is 5.93. The van der Waals surface area contributed by atoms with E-state index < -0.39 is 23.7 Å². The van der Waals surface area contributed by atoms with Crippen LogP contribution in [0.15, 0.2) is 54.9 Å². The Labute approximate surface area is 181 Å². The summed E-state index contributed by atoms with van der Waals surface area (Å²) in [5, 5.41) is 8.13.